The molecule has 7 heteroatoms. The summed E-state index contributed by atoms with van der Waals surface area (Å²) < 4.78 is 32.1. The number of ether oxygens (including phenoxy) is 1. The number of anilines is 1. The normalized spacial score (nSPS) is 19.2. The fraction of sp³-hybridized carbons (Fsp3) is 0.417. The minimum Gasteiger partial charge on any atom is -0.399 e. The first-order valence-electron chi connectivity index (χ1n) is 5.94. The van der Waals surface area contributed by atoms with Gasteiger partial charge < -0.3 is 10.5 Å². The SMILES string of the molecule is N#Cc1cc(N)ccc1S(=O)(=O)NCC1CCCO1. The van der Waals surface area contributed by atoms with Crippen molar-refractivity contribution in [1.82, 2.24) is 4.72 Å². The molecule has 1 aromatic carbocycles. The quantitative estimate of drug-likeness (QED) is 0.786. The number of rotatable bonds is 4. The molecule has 1 heterocycles. The number of nitrogens with one attached hydrogen (secondary N) is 1. The first-order chi connectivity index (χ1) is 9.03. The average Bonchev–Trinajstić information content (AvgIpc) is 2.89. The van der Waals surface area contributed by atoms with Gasteiger partial charge in [0.1, 0.15) is 6.07 Å². The Kier molecular flexibility index (Phi) is 4.04. The second-order valence-corrected chi connectivity index (χ2v) is 6.09. The van der Waals surface area contributed by atoms with E-state index in [9.17, 15) is 8.42 Å². The summed E-state index contributed by atoms with van der Waals surface area (Å²) in [6.45, 7) is 0.884. The Hall–Kier alpha value is -1.62. The summed E-state index contributed by atoms with van der Waals surface area (Å²) in [6, 6.07) is 5.99. The van der Waals surface area contributed by atoms with Crippen molar-refractivity contribution in [3.8, 4) is 6.07 Å². The molecule has 1 aromatic rings. The van der Waals surface area contributed by atoms with Crippen LogP contribution in [0.1, 0.15) is 18.4 Å². The Morgan fingerprint density at radius 3 is 2.95 bits per heavy atom. The summed E-state index contributed by atoms with van der Waals surface area (Å²) in [7, 11) is -3.72. The molecule has 1 unspecified atom stereocenters. The summed E-state index contributed by atoms with van der Waals surface area (Å²) in [5.74, 6) is 0. The molecule has 1 aliphatic heterocycles. The van der Waals surface area contributed by atoms with Crippen molar-refractivity contribution in [3.63, 3.8) is 0 Å². The Bertz CT molecular complexity index is 601. The lowest BCUT2D eigenvalue weighted by Gasteiger charge is -2.12. The third-order valence-electron chi connectivity index (χ3n) is 2.94. The average molecular weight is 281 g/mol. The Balaban J connectivity index is 2.17. The second kappa shape index (κ2) is 5.57. The van der Waals surface area contributed by atoms with Crippen LogP contribution in [0.2, 0.25) is 0 Å². The second-order valence-electron chi connectivity index (χ2n) is 4.35. The molecule has 0 radical (unpaired) electrons. The maximum absolute atomic E-state index is 12.1. The van der Waals surface area contributed by atoms with E-state index < -0.39 is 10.0 Å². The lowest BCUT2D eigenvalue weighted by molar-refractivity contribution is 0.114. The Labute approximate surface area is 112 Å². The number of benzene rings is 1. The molecule has 1 saturated heterocycles. The van der Waals surface area contributed by atoms with Crippen LogP contribution in [-0.4, -0.2) is 27.7 Å². The van der Waals surface area contributed by atoms with Crippen LogP contribution in [0.15, 0.2) is 23.1 Å². The van der Waals surface area contributed by atoms with Gasteiger partial charge >= 0.3 is 0 Å². The molecule has 0 spiro atoms. The van der Waals surface area contributed by atoms with Crippen LogP contribution in [0, 0.1) is 11.3 Å². The van der Waals surface area contributed by atoms with Crippen LogP contribution >= 0.6 is 0 Å². The third-order valence-corrected chi connectivity index (χ3v) is 4.42. The molecule has 6 nitrogen and oxygen atoms in total. The van der Waals surface area contributed by atoms with Crippen LogP contribution in [0.25, 0.3) is 0 Å². The molecular weight excluding hydrogens is 266 g/mol. The monoisotopic (exact) mass is 281 g/mol. The van der Waals surface area contributed by atoms with Crippen LogP contribution in [0.5, 0.6) is 0 Å². The first-order valence-corrected chi connectivity index (χ1v) is 7.42. The molecule has 0 saturated carbocycles. The number of hydrogen-bond acceptors (Lipinski definition) is 5. The van der Waals surface area contributed by atoms with Gasteiger partial charge in [0.15, 0.2) is 0 Å². The Morgan fingerprint density at radius 2 is 2.32 bits per heavy atom. The summed E-state index contributed by atoms with van der Waals surface area (Å²) in [6.07, 6.45) is 1.70. The van der Waals surface area contributed by atoms with E-state index in [1.165, 1.54) is 18.2 Å². The van der Waals surface area contributed by atoms with Gasteiger partial charge in [-0.3, -0.25) is 0 Å². The molecule has 1 aliphatic rings. The summed E-state index contributed by atoms with van der Waals surface area (Å²) in [5, 5.41) is 8.96. The molecule has 0 aromatic heterocycles. The summed E-state index contributed by atoms with van der Waals surface area (Å²) in [4.78, 5) is -0.0535. The highest BCUT2D eigenvalue weighted by molar-refractivity contribution is 7.89. The van der Waals surface area contributed by atoms with Crippen molar-refractivity contribution < 1.29 is 13.2 Å². The van der Waals surface area contributed by atoms with E-state index in [0.717, 1.165) is 12.8 Å². The summed E-state index contributed by atoms with van der Waals surface area (Å²) in [5.41, 5.74) is 5.93. The molecule has 3 N–H and O–H groups in total. The number of sulfonamides is 1. The molecular formula is C12H15N3O3S. The highest BCUT2D eigenvalue weighted by Gasteiger charge is 2.22. The van der Waals surface area contributed by atoms with Crippen molar-refractivity contribution in [3.05, 3.63) is 23.8 Å². The zero-order chi connectivity index (χ0) is 13.9. The third kappa shape index (κ3) is 3.23. The van der Waals surface area contributed by atoms with Gasteiger partial charge in [0.25, 0.3) is 0 Å². The van der Waals surface area contributed by atoms with Crippen LogP contribution < -0.4 is 10.5 Å². The van der Waals surface area contributed by atoms with E-state index in [4.69, 9.17) is 15.7 Å². The van der Waals surface area contributed by atoms with E-state index >= 15 is 0 Å². The van der Waals surface area contributed by atoms with Gasteiger partial charge in [0, 0.05) is 18.8 Å². The fourth-order valence-corrected chi connectivity index (χ4v) is 3.16. The van der Waals surface area contributed by atoms with Crippen molar-refractivity contribution in [2.45, 2.75) is 23.8 Å². The lowest BCUT2D eigenvalue weighted by Crippen LogP contribution is -2.32. The van der Waals surface area contributed by atoms with Gasteiger partial charge in [-0.15, -0.1) is 0 Å². The molecule has 0 bridgehead atoms. The molecule has 0 amide bonds. The number of nitriles is 1. The lowest BCUT2D eigenvalue weighted by atomic mass is 10.2. The topological polar surface area (TPSA) is 105 Å². The van der Waals surface area contributed by atoms with E-state index in [1.54, 1.807) is 0 Å². The van der Waals surface area contributed by atoms with E-state index in [2.05, 4.69) is 4.72 Å². The van der Waals surface area contributed by atoms with Crippen LogP contribution in [0.4, 0.5) is 5.69 Å². The predicted molar refractivity (Wildman–Crippen MR) is 69.7 cm³/mol. The summed E-state index contributed by atoms with van der Waals surface area (Å²) >= 11 is 0. The Morgan fingerprint density at radius 1 is 1.53 bits per heavy atom. The zero-order valence-corrected chi connectivity index (χ0v) is 11.1. The first kappa shape index (κ1) is 13.8. The molecule has 2 rings (SSSR count). The van der Waals surface area contributed by atoms with Crippen molar-refractivity contribution >= 4 is 15.7 Å². The highest BCUT2D eigenvalue weighted by Crippen LogP contribution is 2.18. The number of hydrogen-bond donors (Lipinski definition) is 2. The maximum atomic E-state index is 12.1. The van der Waals surface area contributed by atoms with Gasteiger partial charge in [-0.1, -0.05) is 0 Å². The van der Waals surface area contributed by atoms with Gasteiger partial charge in [-0.05, 0) is 31.0 Å². The van der Waals surface area contributed by atoms with Crippen LogP contribution in [0.3, 0.4) is 0 Å². The molecule has 19 heavy (non-hydrogen) atoms. The van der Waals surface area contributed by atoms with E-state index in [-0.39, 0.29) is 23.1 Å². The number of nitrogen functional groups attached to an aromatic ring is 1. The minimum absolute atomic E-state index is 0.0415. The fourth-order valence-electron chi connectivity index (χ4n) is 1.96. The van der Waals surface area contributed by atoms with Crippen molar-refractivity contribution in [2.75, 3.05) is 18.9 Å². The number of nitrogens with two attached hydrogens (primary N) is 1. The standard InChI is InChI=1S/C12H15N3O3S/c13-7-9-6-10(14)3-4-12(9)19(16,17)15-8-11-2-1-5-18-11/h3-4,6,11,15H,1-2,5,8,14H2. The van der Waals surface area contributed by atoms with E-state index in [1.807, 2.05) is 6.07 Å². The smallest absolute Gasteiger partial charge is 0.241 e. The molecule has 0 aliphatic carbocycles. The van der Waals surface area contributed by atoms with Gasteiger partial charge in [-0.2, -0.15) is 5.26 Å². The van der Waals surface area contributed by atoms with Crippen LogP contribution in [-0.2, 0) is 14.8 Å². The van der Waals surface area contributed by atoms with Crippen molar-refractivity contribution in [1.29, 1.82) is 5.26 Å². The highest BCUT2D eigenvalue weighted by atomic mass is 32.2. The largest absolute Gasteiger partial charge is 0.399 e. The molecule has 1 atom stereocenters. The van der Waals surface area contributed by atoms with Gasteiger partial charge in [0.05, 0.1) is 16.6 Å². The van der Waals surface area contributed by atoms with Gasteiger partial charge in [-0.25, -0.2) is 13.1 Å². The molecule has 102 valence electrons. The minimum atomic E-state index is -3.72. The predicted octanol–water partition coefficient (Wildman–Crippen LogP) is 0.598. The zero-order valence-electron chi connectivity index (χ0n) is 10.3. The van der Waals surface area contributed by atoms with Crippen molar-refractivity contribution in [2.24, 2.45) is 0 Å². The number of nitrogens with zero attached hydrogens (tertiary/aromatic N) is 1. The molecule has 1 fully saturated rings. The maximum Gasteiger partial charge on any atom is 0.241 e. The van der Waals surface area contributed by atoms with Gasteiger partial charge in [0.2, 0.25) is 10.0 Å². The van der Waals surface area contributed by atoms with E-state index in [0.29, 0.717) is 12.3 Å².